The standard InChI is InChI=1S/C90H148N10O33/c1-32-35-121-37-39-123-40-38-122-36-33-34-61(101)52(42-63(103)125-82(5,6)7)92-73(113)54(44-65(105)127-84(11,12)13)94-75(115)56(46-67(107)129-86(17,18)19)96-77(117)58(48-69(109)131-88(23,24)25)98-79(119)60(50-71(111)133-90(29,30)31)100-80(120)59(49-70(110)132-89(26,27)28)99-78(118)57(47-68(108)130-87(20,21)22)97-76(116)55(45-66(106)128-85(14,15)16)95-74(114)53(43-64(104)126-83(8,9)10)93-72(112)51(91)41-62(102)124-81(2,3)4/h1,51-60H,33-50,91H2,2-31H3,(H,92,113)(H,93,112)(H,94,115)(H,95,114)(H,96,117)(H,97,116)(H,98,119)(H,99,118)(H,100,120)/p+1/t51-,52-,53-,54-,55-,56-,57-,58-,59-,60-/m0/s1. The number of Topliss-reactive ketones (excluding diaryl/α,β-unsaturated/α-hetero) is 1. The van der Waals surface area contributed by atoms with Gasteiger partial charge in [0.15, 0.2) is 11.8 Å². The Balaban J connectivity index is 8.77. The van der Waals surface area contributed by atoms with Gasteiger partial charge < -0.3 is 115 Å². The molecule has 0 spiro atoms. The zero-order valence-corrected chi connectivity index (χ0v) is 83.3. The Kier molecular flexibility index (Phi) is 49.3. The number of quaternary nitrogens is 1. The van der Waals surface area contributed by atoms with Gasteiger partial charge in [-0.25, -0.2) is 0 Å². The molecular weight excluding hydrogens is 1750 g/mol. The van der Waals surface area contributed by atoms with Gasteiger partial charge in [0.25, 0.3) is 5.91 Å². The zero-order valence-electron chi connectivity index (χ0n) is 83.3. The lowest BCUT2D eigenvalue weighted by Crippen LogP contribution is -2.70. The van der Waals surface area contributed by atoms with Crippen molar-refractivity contribution < 1.29 is 163 Å². The smallest absolute Gasteiger partial charge is 0.312 e. The second kappa shape index (κ2) is 53.8. The lowest BCUT2D eigenvalue weighted by molar-refractivity contribution is -0.403. The Bertz CT molecular complexity index is 4060. The third kappa shape index (κ3) is 60.7. The summed E-state index contributed by atoms with van der Waals surface area (Å²) in [5, 5.41) is 20.5. The molecule has 0 aromatic carbocycles. The van der Waals surface area contributed by atoms with Gasteiger partial charge in [0.05, 0.1) is 90.3 Å². The molecule has 9 amide bonds. The van der Waals surface area contributed by atoms with Crippen molar-refractivity contribution in [2.45, 2.75) is 401 Å². The number of nitrogens with one attached hydrogen (secondary N) is 9. The minimum atomic E-state index is -2.36. The molecule has 0 saturated heterocycles. The van der Waals surface area contributed by atoms with Crippen LogP contribution in [0.1, 0.15) is 285 Å². The Labute approximate surface area is 779 Å². The summed E-state index contributed by atoms with van der Waals surface area (Å²) in [7, 11) is 0. The maximum atomic E-state index is 15.3. The fourth-order valence-corrected chi connectivity index (χ4v) is 11.1. The van der Waals surface area contributed by atoms with E-state index >= 15 is 28.8 Å². The molecule has 10 atom stereocenters. The average molecular weight is 1900 g/mol. The fraction of sp³-hybridized carbons (Fsp3) is 0.756. The van der Waals surface area contributed by atoms with Gasteiger partial charge >= 0.3 is 59.7 Å². The number of carbonyl (C=O) groups excluding carboxylic acids is 20. The van der Waals surface area contributed by atoms with Crippen LogP contribution in [0.15, 0.2) is 0 Å². The van der Waals surface area contributed by atoms with Crippen molar-refractivity contribution in [1.29, 1.82) is 0 Å². The van der Waals surface area contributed by atoms with Crippen molar-refractivity contribution in [3.05, 3.63) is 0 Å². The summed E-state index contributed by atoms with van der Waals surface area (Å²) in [6, 6.07) is -21.1. The van der Waals surface area contributed by atoms with Crippen LogP contribution in [0.5, 0.6) is 0 Å². The normalized spacial score (nSPS) is 14.5. The first kappa shape index (κ1) is 122. The predicted molar refractivity (Wildman–Crippen MR) is 474 cm³/mol. The average Bonchev–Trinajstić information content (AvgIpc) is 0.837. The molecule has 756 valence electrons. The maximum absolute atomic E-state index is 15.3. The Morgan fingerprint density at radius 3 is 0.556 bits per heavy atom. The molecule has 133 heavy (non-hydrogen) atoms. The highest BCUT2D eigenvalue weighted by molar-refractivity contribution is 6.03. The predicted octanol–water partition coefficient (Wildman–Crippen LogP) is 2.31. The van der Waals surface area contributed by atoms with E-state index in [1.54, 1.807) is 20.8 Å². The van der Waals surface area contributed by atoms with E-state index in [2.05, 4.69) is 59.5 Å². The third-order valence-corrected chi connectivity index (χ3v) is 15.7. The molecule has 0 aromatic heterocycles. The van der Waals surface area contributed by atoms with Crippen molar-refractivity contribution >= 4 is 119 Å². The molecule has 0 aromatic rings. The fourth-order valence-electron chi connectivity index (χ4n) is 11.1. The number of terminal acetylenes is 1. The van der Waals surface area contributed by atoms with E-state index in [0.717, 1.165) is 0 Å². The third-order valence-electron chi connectivity index (χ3n) is 15.7. The van der Waals surface area contributed by atoms with Crippen LogP contribution in [0.3, 0.4) is 0 Å². The van der Waals surface area contributed by atoms with Crippen molar-refractivity contribution in [1.82, 2.24) is 47.9 Å². The summed E-state index contributed by atoms with van der Waals surface area (Å²) in [4.78, 5) is 286. The van der Waals surface area contributed by atoms with Crippen LogP contribution >= 0.6 is 0 Å². The largest absolute Gasteiger partial charge is 0.460 e. The molecule has 0 radical (unpaired) electrons. The summed E-state index contributed by atoms with van der Waals surface area (Å²) in [5.74, 6) is -22.9. The first-order valence-corrected chi connectivity index (χ1v) is 43.7. The SMILES string of the molecule is C#CCOCCOCCOCCCC(=O)[C@H](CC(=O)OC(C)(C)C)NC(=O)[C@H](CC(=O)OC(C)(C)C)NC(=O)[C@H](CC(=O)OC(C)(C)C)NC(=O)[C@H](CC(=O)OC(C)(C)C)NC(=O)[C@H](CC(=O)OC(C)(C)C)NC(=O)[C@H](CC(=O)OC(C)(C)C)NC(=O)[C@H](CC(=O)OC(C)(C)C)NC(=O)[C@H](CC(=O)OC(C)(C)C)NC(=O)[C@H](CC(=O)OC(C)(C)C)NC(=O)[C@@H]([NH3+])CC(=O)OC(C)(C)C. The molecular formula is C90H149N10O33+. The van der Waals surface area contributed by atoms with Crippen molar-refractivity contribution in [3.63, 3.8) is 0 Å². The van der Waals surface area contributed by atoms with Crippen LogP contribution in [0.4, 0.5) is 0 Å². The van der Waals surface area contributed by atoms with Gasteiger partial charge in [-0.3, -0.25) is 95.9 Å². The van der Waals surface area contributed by atoms with E-state index in [9.17, 15) is 67.1 Å². The summed E-state index contributed by atoms with van der Waals surface area (Å²) in [6.07, 6.45) is -5.60. The second-order valence-corrected chi connectivity index (χ2v) is 41.2. The molecule has 0 bridgehead atoms. The number of carbonyl (C=O) groups is 20. The first-order valence-electron chi connectivity index (χ1n) is 43.7. The highest BCUT2D eigenvalue weighted by Crippen LogP contribution is 2.22. The number of hydrogen-bond donors (Lipinski definition) is 10. The molecule has 0 saturated carbocycles. The molecule has 0 aliphatic heterocycles. The van der Waals surface area contributed by atoms with Crippen LogP contribution < -0.4 is 53.6 Å². The number of esters is 10. The summed E-state index contributed by atoms with van der Waals surface area (Å²) in [6.45, 7) is 44.6. The van der Waals surface area contributed by atoms with E-state index in [1.165, 1.54) is 187 Å². The van der Waals surface area contributed by atoms with E-state index < -0.39 is 299 Å². The van der Waals surface area contributed by atoms with Crippen LogP contribution in [0.2, 0.25) is 0 Å². The van der Waals surface area contributed by atoms with Gasteiger partial charge in [0, 0.05) is 13.0 Å². The van der Waals surface area contributed by atoms with Crippen LogP contribution in [0, 0.1) is 12.3 Å². The lowest BCUT2D eigenvalue weighted by atomic mass is 10.0. The second-order valence-electron chi connectivity index (χ2n) is 41.2. The van der Waals surface area contributed by atoms with Crippen molar-refractivity contribution in [2.24, 2.45) is 0 Å². The van der Waals surface area contributed by atoms with Crippen molar-refractivity contribution in [3.8, 4) is 12.3 Å². The molecule has 0 heterocycles. The summed E-state index contributed by atoms with van der Waals surface area (Å²) >= 11 is 0. The van der Waals surface area contributed by atoms with Crippen molar-refractivity contribution in [2.75, 3.05) is 39.6 Å². The van der Waals surface area contributed by atoms with Crippen LogP contribution in [-0.2, 0) is 157 Å². The van der Waals surface area contributed by atoms with E-state index in [-0.39, 0.29) is 52.5 Å². The van der Waals surface area contributed by atoms with Gasteiger partial charge in [0.2, 0.25) is 47.3 Å². The Morgan fingerprint density at radius 2 is 0.376 bits per heavy atom. The molecule has 0 aliphatic carbocycles. The number of ether oxygens (including phenoxy) is 13. The molecule has 0 unspecified atom stereocenters. The molecule has 12 N–H and O–H groups in total. The number of rotatable bonds is 50. The summed E-state index contributed by atoms with van der Waals surface area (Å²) < 4.78 is 71.1. The zero-order chi connectivity index (χ0) is 103. The molecule has 0 fully saturated rings. The Morgan fingerprint density at radius 1 is 0.226 bits per heavy atom. The van der Waals surface area contributed by atoms with Gasteiger partial charge in [-0.1, -0.05) is 5.92 Å². The van der Waals surface area contributed by atoms with Crippen LogP contribution in [0.25, 0.3) is 0 Å². The highest BCUT2D eigenvalue weighted by Gasteiger charge is 2.43. The van der Waals surface area contributed by atoms with Gasteiger partial charge in [-0.15, -0.1) is 6.42 Å². The summed E-state index contributed by atoms with van der Waals surface area (Å²) in [5.41, 5.74) is -8.84. The number of ketones is 1. The van der Waals surface area contributed by atoms with Crippen LogP contribution in [-0.4, -0.2) is 275 Å². The quantitative estimate of drug-likeness (QED) is 0.0181. The monoisotopic (exact) mass is 1900 g/mol. The molecule has 0 rings (SSSR count). The molecule has 43 heteroatoms. The first-order chi connectivity index (χ1) is 60.2. The van der Waals surface area contributed by atoms with Gasteiger partial charge in [-0.2, -0.15) is 0 Å². The highest BCUT2D eigenvalue weighted by atomic mass is 16.6. The van der Waals surface area contributed by atoms with E-state index in [4.69, 9.17) is 68.0 Å². The minimum Gasteiger partial charge on any atom is -0.460 e. The number of amides is 9. The molecule has 0 aliphatic rings. The maximum Gasteiger partial charge on any atom is 0.312 e. The molecule has 43 nitrogen and oxygen atoms in total. The van der Waals surface area contributed by atoms with Gasteiger partial charge in [0.1, 0.15) is 117 Å². The number of hydrogen-bond acceptors (Lipinski definition) is 33. The van der Waals surface area contributed by atoms with E-state index in [1.807, 2.05) is 0 Å². The minimum absolute atomic E-state index is 0.00681. The van der Waals surface area contributed by atoms with E-state index in [0.29, 0.717) is 0 Å². The van der Waals surface area contributed by atoms with Gasteiger partial charge in [-0.05, 0) is 214 Å². The lowest BCUT2D eigenvalue weighted by Gasteiger charge is -2.29. The Hall–Kier alpha value is -11.0. The topological polar surface area (TPSA) is 597 Å².